The zero-order valence-corrected chi connectivity index (χ0v) is 26.7. The van der Waals surface area contributed by atoms with Gasteiger partial charge in [0.05, 0.1) is 30.5 Å². The summed E-state index contributed by atoms with van der Waals surface area (Å²) in [7, 11) is 4.39. The molecule has 3 amide bonds. The quantitative estimate of drug-likeness (QED) is 0.188. The largest absolute Gasteiger partial charge is 0.465 e. The van der Waals surface area contributed by atoms with Gasteiger partial charge in [0.2, 0.25) is 0 Å². The molecule has 0 saturated heterocycles. The predicted octanol–water partition coefficient (Wildman–Crippen LogP) is 5.82. The molecule has 0 fully saturated rings. The summed E-state index contributed by atoms with van der Waals surface area (Å²) in [5.41, 5.74) is 3.85. The number of esters is 1. The molecule has 0 bridgehead atoms. The number of aromatic nitrogens is 1. The summed E-state index contributed by atoms with van der Waals surface area (Å²) >= 11 is 6.46. The molecule has 1 aliphatic heterocycles. The number of aryl methyl sites for hydroxylation is 2. The van der Waals surface area contributed by atoms with Crippen molar-refractivity contribution in [3.63, 3.8) is 0 Å². The van der Waals surface area contributed by atoms with E-state index in [9.17, 15) is 19.2 Å². The second-order valence-electron chi connectivity index (χ2n) is 11.0. The van der Waals surface area contributed by atoms with Crippen LogP contribution < -0.4 is 9.64 Å². The Morgan fingerprint density at radius 3 is 2.44 bits per heavy atom. The van der Waals surface area contributed by atoms with Crippen LogP contribution in [0.2, 0.25) is 0 Å². The highest BCUT2D eigenvalue weighted by atomic mass is 35.5. The van der Waals surface area contributed by atoms with Gasteiger partial charge in [0.25, 0.3) is 5.91 Å². The van der Waals surface area contributed by atoms with Gasteiger partial charge in [0, 0.05) is 68.1 Å². The molecule has 0 aliphatic carbocycles. The lowest BCUT2D eigenvalue weighted by molar-refractivity contribution is 0.0602. The van der Waals surface area contributed by atoms with Crippen molar-refractivity contribution in [2.24, 2.45) is 0 Å². The first-order chi connectivity index (χ1) is 21.5. The average molecular weight is 639 g/mol. The van der Waals surface area contributed by atoms with Crippen molar-refractivity contribution in [2.45, 2.75) is 26.7 Å². The summed E-state index contributed by atoms with van der Waals surface area (Å²) in [4.78, 5) is 59.6. The molecule has 0 radical (unpaired) electrons. The van der Waals surface area contributed by atoms with Crippen molar-refractivity contribution >= 4 is 63.2 Å². The van der Waals surface area contributed by atoms with Crippen LogP contribution in [0.5, 0.6) is 5.75 Å². The number of alkyl halides is 1. The van der Waals surface area contributed by atoms with Crippen LogP contribution in [-0.2, 0) is 9.47 Å². The van der Waals surface area contributed by atoms with E-state index in [4.69, 9.17) is 30.2 Å². The molecule has 238 valence electrons. The molecule has 0 spiro atoms. The fourth-order valence-corrected chi connectivity index (χ4v) is 5.83. The zero-order valence-electron chi connectivity index (χ0n) is 26.0. The number of methoxy groups -OCH3 is 1. The second kappa shape index (κ2) is 12.7. The molecule has 3 heterocycles. The number of nitrogens with one attached hydrogen (secondary N) is 1. The maximum Gasteiger partial charge on any atom is 0.415 e. The summed E-state index contributed by atoms with van der Waals surface area (Å²) in [6.45, 7) is 6.19. The van der Waals surface area contributed by atoms with Crippen LogP contribution in [0.1, 0.15) is 50.6 Å². The van der Waals surface area contributed by atoms with Gasteiger partial charge in [0.1, 0.15) is 5.58 Å². The molecule has 0 saturated carbocycles. The highest BCUT2D eigenvalue weighted by Gasteiger charge is 2.39. The van der Waals surface area contributed by atoms with Crippen LogP contribution in [-0.4, -0.2) is 92.2 Å². The summed E-state index contributed by atoms with van der Waals surface area (Å²) in [6, 6.07) is 8.94. The Labute approximate surface area is 264 Å². The number of H-pyrrole nitrogens is 1. The molecule has 45 heavy (non-hydrogen) atoms. The van der Waals surface area contributed by atoms with Crippen LogP contribution in [0.4, 0.5) is 15.3 Å². The molecule has 2 aromatic heterocycles. The Morgan fingerprint density at radius 1 is 1.07 bits per heavy atom. The van der Waals surface area contributed by atoms with Gasteiger partial charge in [-0.3, -0.25) is 4.79 Å². The number of ether oxygens (including phenoxy) is 3. The second-order valence-corrected chi connectivity index (χ2v) is 11.3. The molecule has 1 N–H and O–H groups in total. The Hall–Kier alpha value is -4.71. The first-order valence-electron chi connectivity index (χ1n) is 14.4. The Kier molecular flexibility index (Phi) is 8.96. The van der Waals surface area contributed by atoms with E-state index in [1.54, 1.807) is 33.0 Å². The number of amides is 3. The van der Waals surface area contributed by atoms with Gasteiger partial charge < -0.3 is 38.3 Å². The molecule has 0 unspecified atom stereocenters. The van der Waals surface area contributed by atoms with E-state index in [1.807, 2.05) is 25.1 Å². The fourth-order valence-electron chi connectivity index (χ4n) is 5.57. The lowest BCUT2D eigenvalue weighted by Crippen LogP contribution is -2.38. The molecule has 4 aromatic rings. The van der Waals surface area contributed by atoms with E-state index in [0.717, 1.165) is 10.9 Å². The van der Waals surface area contributed by atoms with Crippen molar-refractivity contribution < 1.29 is 37.8 Å². The minimum absolute atomic E-state index is 0.103. The topological polar surface area (TPSA) is 135 Å². The van der Waals surface area contributed by atoms with Gasteiger partial charge in [-0.2, -0.15) is 0 Å². The number of furan rings is 1. The minimum Gasteiger partial charge on any atom is -0.465 e. The third-order valence-electron chi connectivity index (χ3n) is 7.91. The van der Waals surface area contributed by atoms with Crippen LogP contribution >= 0.6 is 11.6 Å². The van der Waals surface area contributed by atoms with Gasteiger partial charge in [-0.15, -0.1) is 11.6 Å². The normalized spacial score (nSPS) is 14.0. The molecular weight excluding hydrogens is 604 g/mol. The maximum absolute atomic E-state index is 14.0. The number of hydrogen-bond donors (Lipinski definition) is 1. The first-order valence-corrected chi connectivity index (χ1v) is 15.0. The van der Waals surface area contributed by atoms with Gasteiger partial charge in [0.15, 0.2) is 11.5 Å². The standard InChI is InChI=1S/C32H35ClN4O8/c1-7-43-31(40)35(4)10-11-36(5)32(41)45-23-14-21-26(27-25(30(39)42-6)18(3)34-28(23)27)20(15-33)16-37(21)29(38)24-13-19-12-17(2)8-9-22(19)44-24/h8-9,12-14,20,34H,7,10-11,15-16H2,1-6H3/t20-/m1/s1. The summed E-state index contributed by atoms with van der Waals surface area (Å²) in [6.07, 6.45) is -1.22. The summed E-state index contributed by atoms with van der Waals surface area (Å²) < 4.78 is 21.9. The van der Waals surface area contributed by atoms with Crippen LogP contribution in [0.3, 0.4) is 0 Å². The highest BCUT2D eigenvalue weighted by Crippen LogP contribution is 2.48. The maximum atomic E-state index is 14.0. The van der Waals surface area contributed by atoms with Crippen molar-refractivity contribution in [3.8, 4) is 5.75 Å². The lowest BCUT2D eigenvalue weighted by Gasteiger charge is -2.22. The fraction of sp³-hybridized carbons (Fsp3) is 0.375. The van der Waals surface area contributed by atoms with Crippen molar-refractivity contribution in [1.82, 2.24) is 14.8 Å². The Balaban J connectivity index is 1.56. The number of rotatable bonds is 8. The van der Waals surface area contributed by atoms with E-state index in [0.29, 0.717) is 33.4 Å². The number of fused-ring (bicyclic) bond motifs is 4. The molecule has 5 rings (SSSR count). The Bertz CT molecular complexity index is 1810. The van der Waals surface area contributed by atoms with Crippen LogP contribution in [0.25, 0.3) is 21.9 Å². The van der Waals surface area contributed by atoms with Gasteiger partial charge in [-0.25, -0.2) is 14.4 Å². The molecular formula is C32H35ClN4O8. The van der Waals surface area contributed by atoms with E-state index < -0.39 is 24.1 Å². The first kappa shape index (κ1) is 31.7. The smallest absolute Gasteiger partial charge is 0.415 e. The van der Waals surface area contributed by atoms with E-state index in [2.05, 4.69) is 4.98 Å². The number of nitrogens with zero attached hydrogens (tertiary/aromatic N) is 3. The SMILES string of the molecule is CCOC(=O)N(C)CCN(C)C(=O)Oc1cc2c(c3c(C(=O)OC)c(C)[nH]c13)[C@H](CCl)CN2C(=O)c1cc2cc(C)ccc2o1. The van der Waals surface area contributed by atoms with E-state index in [1.165, 1.54) is 28.9 Å². The molecule has 1 atom stereocenters. The molecule has 2 aromatic carbocycles. The number of halogens is 1. The van der Waals surface area contributed by atoms with E-state index >= 15 is 0 Å². The zero-order chi connectivity index (χ0) is 32.6. The molecule has 12 nitrogen and oxygen atoms in total. The number of aromatic amines is 1. The lowest BCUT2D eigenvalue weighted by atomic mass is 9.95. The third-order valence-corrected chi connectivity index (χ3v) is 8.28. The van der Waals surface area contributed by atoms with Crippen molar-refractivity contribution in [1.29, 1.82) is 0 Å². The summed E-state index contributed by atoms with van der Waals surface area (Å²) in [5.74, 6) is -0.935. The third kappa shape index (κ3) is 5.89. The number of carbonyl (C=O) groups is 4. The number of benzene rings is 2. The Morgan fingerprint density at radius 2 is 1.78 bits per heavy atom. The molecule has 13 heteroatoms. The highest BCUT2D eigenvalue weighted by molar-refractivity contribution is 6.20. The molecule has 1 aliphatic rings. The van der Waals surface area contributed by atoms with Gasteiger partial charge >= 0.3 is 18.2 Å². The van der Waals surface area contributed by atoms with Crippen LogP contribution in [0, 0.1) is 13.8 Å². The number of anilines is 1. The summed E-state index contributed by atoms with van der Waals surface area (Å²) in [5, 5.41) is 1.26. The predicted molar refractivity (Wildman–Crippen MR) is 169 cm³/mol. The number of hydrogen-bond acceptors (Lipinski definition) is 8. The van der Waals surface area contributed by atoms with Crippen molar-refractivity contribution in [2.75, 3.05) is 58.2 Å². The van der Waals surface area contributed by atoms with Crippen LogP contribution in [0.15, 0.2) is 34.7 Å². The monoisotopic (exact) mass is 638 g/mol. The number of likely N-dealkylation sites (N-methyl/N-ethyl adjacent to an activating group) is 2. The van der Waals surface area contributed by atoms with Gasteiger partial charge in [-0.1, -0.05) is 11.6 Å². The number of carbonyl (C=O) groups excluding carboxylic acids is 4. The average Bonchev–Trinajstić information content (AvgIpc) is 3.71. The van der Waals surface area contributed by atoms with Crippen molar-refractivity contribution in [3.05, 3.63) is 58.5 Å². The van der Waals surface area contributed by atoms with Gasteiger partial charge in [-0.05, 0) is 44.5 Å². The van der Waals surface area contributed by atoms with E-state index in [-0.39, 0.29) is 55.1 Å². The minimum atomic E-state index is -0.710.